The fraction of sp³-hybridized carbons (Fsp3) is 0.500. The van der Waals surface area contributed by atoms with Gasteiger partial charge in [-0.05, 0) is 24.1 Å². The van der Waals surface area contributed by atoms with Crippen LogP contribution in [0.25, 0.3) is 0 Å². The zero-order valence-electron chi connectivity index (χ0n) is 11.2. The molecule has 8 heteroatoms. The van der Waals surface area contributed by atoms with Crippen molar-refractivity contribution in [3.05, 3.63) is 28.5 Å². The van der Waals surface area contributed by atoms with Crippen LogP contribution < -0.4 is 0 Å². The lowest BCUT2D eigenvalue weighted by atomic mass is 10.2. The molecule has 0 aliphatic heterocycles. The molecule has 0 spiro atoms. The highest BCUT2D eigenvalue weighted by Crippen LogP contribution is 2.27. The number of nitrogens with zero attached hydrogens (tertiary/aromatic N) is 1. The van der Waals surface area contributed by atoms with Gasteiger partial charge in [0.1, 0.15) is 5.82 Å². The van der Waals surface area contributed by atoms with Crippen LogP contribution in [0.3, 0.4) is 0 Å². The number of halogens is 3. The van der Waals surface area contributed by atoms with Gasteiger partial charge >= 0.3 is 0 Å². The molecule has 0 aromatic heterocycles. The molecule has 1 rings (SSSR count). The predicted molar refractivity (Wildman–Crippen MR) is 77.3 cm³/mol. The van der Waals surface area contributed by atoms with E-state index in [1.54, 1.807) is 0 Å². The SMILES string of the molecule is COCCCN(C)S(=O)(=O)c1cc(F)c(Cl)c(CCl)c1. The summed E-state index contributed by atoms with van der Waals surface area (Å²) in [4.78, 5) is -0.157. The van der Waals surface area contributed by atoms with Gasteiger partial charge in [-0.25, -0.2) is 17.1 Å². The molecule has 4 nitrogen and oxygen atoms in total. The van der Waals surface area contributed by atoms with Gasteiger partial charge in [0.05, 0.1) is 9.92 Å². The molecule has 0 radical (unpaired) electrons. The third-order valence-electron chi connectivity index (χ3n) is 2.75. The smallest absolute Gasteiger partial charge is 0.242 e. The van der Waals surface area contributed by atoms with Gasteiger partial charge in [0.25, 0.3) is 0 Å². The number of sulfonamides is 1. The van der Waals surface area contributed by atoms with Crippen molar-refractivity contribution in [3.63, 3.8) is 0 Å². The molecule has 0 aliphatic rings. The topological polar surface area (TPSA) is 46.6 Å². The maximum Gasteiger partial charge on any atom is 0.242 e. The first-order valence-corrected chi connectivity index (χ1v) is 8.19. The van der Waals surface area contributed by atoms with Gasteiger partial charge in [0.2, 0.25) is 10.0 Å². The maximum absolute atomic E-state index is 13.6. The van der Waals surface area contributed by atoms with Crippen LogP contribution in [0.2, 0.25) is 5.02 Å². The lowest BCUT2D eigenvalue weighted by Crippen LogP contribution is -2.28. The number of rotatable bonds is 7. The molecule has 0 saturated heterocycles. The fourth-order valence-electron chi connectivity index (χ4n) is 1.60. The molecule has 0 saturated carbocycles. The van der Waals surface area contributed by atoms with Crippen LogP contribution in [0, 0.1) is 5.82 Å². The highest BCUT2D eigenvalue weighted by molar-refractivity contribution is 7.89. The van der Waals surface area contributed by atoms with E-state index in [1.807, 2.05) is 0 Å². The fourth-order valence-corrected chi connectivity index (χ4v) is 3.32. The van der Waals surface area contributed by atoms with Crippen molar-refractivity contribution in [2.45, 2.75) is 17.2 Å². The largest absolute Gasteiger partial charge is 0.385 e. The average Bonchev–Trinajstić information content (AvgIpc) is 2.41. The first-order chi connectivity index (χ1) is 9.34. The van der Waals surface area contributed by atoms with Crippen LogP contribution in [-0.4, -0.2) is 40.0 Å². The Hall–Kier alpha value is -0.400. The van der Waals surface area contributed by atoms with E-state index in [-0.39, 0.29) is 27.9 Å². The zero-order valence-corrected chi connectivity index (χ0v) is 13.5. The summed E-state index contributed by atoms with van der Waals surface area (Å²) in [7, 11) is -0.805. The third-order valence-corrected chi connectivity index (χ3v) is 5.30. The summed E-state index contributed by atoms with van der Waals surface area (Å²) in [5.41, 5.74) is 0.247. The second-order valence-corrected chi connectivity index (χ2v) is 6.87. The monoisotopic (exact) mass is 343 g/mol. The van der Waals surface area contributed by atoms with Crippen molar-refractivity contribution in [1.82, 2.24) is 4.31 Å². The Labute approximate surface area is 128 Å². The van der Waals surface area contributed by atoms with Gasteiger partial charge in [0.15, 0.2) is 0 Å². The number of benzene rings is 1. The molecular formula is C12H16Cl2FNO3S. The number of alkyl halides is 1. The second-order valence-electron chi connectivity index (χ2n) is 4.18. The van der Waals surface area contributed by atoms with Crippen LogP contribution in [-0.2, 0) is 20.6 Å². The average molecular weight is 344 g/mol. The van der Waals surface area contributed by atoms with Crippen molar-refractivity contribution in [2.75, 3.05) is 27.3 Å². The van der Waals surface area contributed by atoms with Crippen molar-refractivity contribution >= 4 is 33.2 Å². The Bertz CT molecular complexity index is 566. The molecule has 1 aromatic carbocycles. The van der Waals surface area contributed by atoms with Crippen molar-refractivity contribution < 1.29 is 17.5 Å². The van der Waals surface area contributed by atoms with Gasteiger partial charge in [-0.1, -0.05) is 11.6 Å². The van der Waals surface area contributed by atoms with Crippen molar-refractivity contribution in [2.24, 2.45) is 0 Å². The van der Waals surface area contributed by atoms with Gasteiger partial charge in [-0.15, -0.1) is 11.6 Å². The summed E-state index contributed by atoms with van der Waals surface area (Å²) in [5.74, 6) is -0.861. The summed E-state index contributed by atoms with van der Waals surface area (Å²) in [6.45, 7) is 0.721. The molecule has 0 fully saturated rings. The molecule has 0 N–H and O–H groups in total. The minimum Gasteiger partial charge on any atom is -0.385 e. The van der Waals surface area contributed by atoms with E-state index in [2.05, 4.69) is 0 Å². The van der Waals surface area contributed by atoms with Crippen LogP contribution in [0.15, 0.2) is 17.0 Å². The number of ether oxygens (including phenoxy) is 1. The Kier molecular flexibility index (Phi) is 6.68. The third kappa shape index (κ3) is 4.05. The van der Waals surface area contributed by atoms with Gasteiger partial charge < -0.3 is 4.74 Å². The molecule has 114 valence electrons. The quantitative estimate of drug-likeness (QED) is 0.564. The van der Waals surface area contributed by atoms with E-state index >= 15 is 0 Å². The lowest BCUT2D eigenvalue weighted by Gasteiger charge is -2.18. The summed E-state index contributed by atoms with van der Waals surface area (Å²) < 4.78 is 44.2. The molecule has 0 amide bonds. The molecule has 0 heterocycles. The van der Waals surface area contributed by atoms with Crippen molar-refractivity contribution in [1.29, 1.82) is 0 Å². The van der Waals surface area contributed by atoms with E-state index < -0.39 is 15.8 Å². The van der Waals surface area contributed by atoms with E-state index in [9.17, 15) is 12.8 Å². The number of hydrogen-bond donors (Lipinski definition) is 0. The summed E-state index contributed by atoms with van der Waals surface area (Å²) in [5, 5.41) is -0.152. The molecule has 0 unspecified atom stereocenters. The highest BCUT2D eigenvalue weighted by Gasteiger charge is 2.23. The molecule has 0 bridgehead atoms. The first kappa shape index (κ1) is 17.7. The Morgan fingerprint density at radius 3 is 2.60 bits per heavy atom. The lowest BCUT2D eigenvalue weighted by molar-refractivity contribution is 0.189. The minimum absolute atomic E-state index is 0.0630. The molecule has 0 aliphatic carbocycles. The number of methoxy groups -OCH3 is 1. The Morgan fingerprint density at radius 1 is 1.40 bits per heavy atom. The summed E-state index contributed by atoms with van der Waals surface area (Å²) >= 11 is 11.3. The van der Waals surface area contributed by atoms with E-state index in [4.69, 9.17) is 27.9 Å². The molecule has 0 atom stereocenters. The van der Waals surface area contributed by atoms with Gasteiger partial charge in [-0.2, -0.15) is 0 Å². The van der Waals surface area contributed by atoms with Crippen LogP contribution in [0.4, 0.5) is 4.39 Å². The Balaban J connectivity index is 3.06. The van der Waals surface area contributed by atoms with E-state index in [0.717, 1.165) is 10.4 Å². The van der Waals surface area contributed by atoms with Crippen LogP contribution in [0.1, 0.15) is 12.0 Å². The summed E-state index contributed by atoms with van der Waals surface area (Å²) in [6, 6.07) is 2.20. The molecule has 20 heavy (non-hydrogen) atoms. The standard InChI is InChI=1S/C12H16Cl2FNO3S/c1-16(4-3-5-19-2)20(17,18)10-6-9(8-13)12(14)11(15)7-10/h6-7H,3-5,8H2,1-2H3. The Morgan fingerprint density at radius 2 is 2.05 bits per heavy atom. The minimum atomic E-state index is -3.77. The second kappa shape index (κ2) is 7.56. The summed E-state index contributed by atoms with van der Waals surface area (Å²) in [6.07, 6.45) is 0.546. The molecular weight excluding hydrogens is 328 g/mol. The van der Waals surface area contributed by atoms with Crippen LogP contribution >= 0.6 is 23.2 Å². The maximum atomic E-state index is 13.6. The zero-order chi connectivity index (χ0) is 15.3. The number of hydrogen-bond acceptors (Lipinski definition) is 3. The van der Waals surface area contributed by atoms with Crippen molar-refractivity contribution in [3.8, 4) is 0 Å². The predicted octanol–water partition coefficient (Wildman–Crippen LogP) is 2.87. The highest BCUT2D eigenvalue weighted by atomic mass is 35.5. The van der Waals surface area contributed by atoms with Gasteiger partial charge in [-0.3, -0.25) is 0 Å². The van der Waals surface area contributed by atoms with E-state index in [0.29, 0.717) is 13.0 Å². The first-order valence-electron chi connectivity index (χ1n) is 5.83. The molecule has 1 aromatic rings. The normalized spacial score (nSPS) is 12.1. The van der Waals surface area contributed by atoms with E-state index in [1.165, 1.54) is 20.2 Å². The van der Waals surface area contributed by atoms with Crippen LogP contribution in [0.5, 0.6) is 0 Å². The van der Waals surface area contributed by atoms with Gasteiger partial charge in [0, 0.05) is 33.2 Å².